The van der Waals surface area contributed by atoms with Crippen LogP contribution in [-0.4, -0.2) is 74.7 Å². The summed E-state index contributed by atoms with van der Waals surface area (Å²) in [6, 6.07) is 1.82. The van der Waals surface area contributed by atoms with Gasteiger partial charge in [0.15, 0.2) is 5.96 Å². The molecular weight excluding hydrogens is 286 g/mol. The van der Waals surface area contributed by atoms with Crippen LogP contribution in [0.2, 0.25) is 0 Å². The lowest BCUT2D eigenvalue weighted by atomic mass is 10.1. The maximum absolute atomic E-state index is 4.35. The third-order valence-corrected chi connectivity index (χ3v) is 4.74. The van der Waals surface area contributed by atoms with Gasteiger partial charge in [0.2, 0.25) is 0 Å². The summed E-state index contributed by atoms with van der Waals surface area (Å²) in [7, 11) is 6.20. The largest absolute Gasteiger partial charge is 0.356 e. The highest BCUT2D eigenvalue weighted by Crippen LogP contribution is 2.34. The summed E-state index contributed by atoms with van der Waals surface area (Å²) in [6.07, 6.45) is 3.88. The highest BCUT2D eigenvalue weighted by atomic mass is 15.2. The van der Waals surface area contributed by atoms with Crippen molar-refractivity contribution in [3.05, 3.63) is 0 Å². The van der Waals surface area contributed by atoms with Crippen LogP contribution in [0.1, 0.15) is 47.0 Å². The summed E-state index contributed by atoms with van der Waals surface area (Å²) < 4.78 is 0. The second kappa shape index (κ2) is 10.1. The van der Waals surface area contributed by atoms with Crippen LogP contribution in [0.3, 0.4) is 0 Å². The molecule has 136 valence electrons. The Labute approximate surface area is 143 Å². The van der Waals surface area contributed by atoms with Crippen LogP contribution in [0.25, 0.3) is 0 Å². The molecule has 0 radical (unpaired) electrons. The molecule has 1 fully saturated rings. The number of likely N-dealkylation sites (N-methyl/N-ethyl adjacent to an activating group) is 1. The molecular formula is C18H39N5. The molecule has 1 unspecified atom stereocenters. The van der Waals surface area contributed by atoms with Crippen molar-refractivity contribution >= 4 is 5.96 Å². The van der Waals surface area contributed by atoms with E-state index in [1.165, 1.54) is 12.8 Å². The first-order valence-electron chi connectivity index (χ1n) is 9.23. The SMILES string of the molecule is CN=C(NCCCN(C(C)C)C(C)C)NCC(C1CC1)N(C)C. The zero-order valence-electron chi connectivity index (χ0n) is 16.4. The monoisotopic (exact) mass is 325 g/mol. The van der Waals surface area contributed by atoms with Crippen LogP contribution in [0.15, 0.2) is 4.99 Å². The average molecular weight is 326 g/mol. The summed E-state index contributed by atoms with van der Waals surface area (Å²) in [6.45, 7) is 12.1. The van der Waals surface area contributed by atoms with E-state index in [1.807, 2.05) is 7.05 Å². The Balaban J connectivity index is 2.26. The van der Waals surface area contributed by atoms with Crippen LogP contribution in [0.4, 0.5) is 0 Å². The predicted octanol–water partition coefficient (Wildman–Crippen LogP) is 2.00. The smallest absolute Gasteiger partial charge is 0.191 e. The second-order valence-electron chi connectivity index (χ2n) is 7.53. The zero-order chi connectivity index (χ0) is 17.4. The molecule has 23 heavy (non-hydrogen) atoms. The van der Waals surface area contributed by atoms with E-state index in [0.29, 0.717) is 18.1 Å². The number of nitrogens with one attached hydrogen (secondary N) is 2. The minimum atomic E-state index is 0.604. The summed E-state index contributed by atoms with van der Waals surface area (Å²) in [5, 5.41) is 6.94. The van der Waals surface area contributed by atoms with E-state index < -0.39 is 0 Å². The normalized spacial score (nSPS) is 17.4. The van der Waals surface area contributed by atoms with E-state index in [1.54, 1.807) is 0 Å². The lowest BCUT2D eigenvalue weighted by molar-refractivity contribution is 0.173. The van der Waals surface area contributed by atoms with E-state index in [0.717, 1.165) is 37.9 Å². The molecule has 1 atom stereocenters. The van der Waals surface area contributed by atoms with Gasteiger partial charge in [0, 0.05) is 44.8 Å². The topological polar surface area (TPSA) is 42.9 Å². The fraction of sp³-hybridized carbons (Fsp3) is 0.944. The van der Waals surface area contributed by atoms with Gasteiger partial charge in [-0.05, 0) is 67.0 Å². The molecule has 0 aromatic rings. The van der Waals surface area contributed by atoms with Crippen LogP contribution in [-0.2, 0) is 0 Å². The minimum Gasteiger partial charge on any atom is -0.356 e. The number of aliphatic imine (C=N–C) groups is 1. The van der Waals surface area contributed by atoms with E-state index in [9.17, 15) is 0 Å². The Morgan fingerprint density at radius 1 is 1.09 bits per heavy atom. The number of guanidine groups is 1. The first-order valence-corrected chi connectivity index (χ1v) is 9.23. The van der Waals surface area contributed by atoms with Crippen LogP contribution >= 0.6 is 0 Å². The maximum atomic E-state index is 4.35. The zero-order valence-corrected chi connectivity index (χ0v) is 16.4. The highest BCUT2D eigenvalue weighted by molar-refractivity contribution is 5.79. The molecule has 0 aromatic carbocycles. The van der Waals surface area contributed by atoms with Crippen molar-refractivity contribution in [2.45, 2.75) is 65.1 Å². The predicted molar refractivity (Wildman–Crippen MR) is 101 cm³/mol. The van der Waals surface area contributed by atoms with Gasteiger partial charge < -0.3 is 15.5 Å². The van der Waals surface area contributed by atoms with Gasteiger partial charge in [-0.3, -0.25) is 9.89 Å². The third-order valence-electron chi connectivity index (χ3n) is 4.74. The fourth-order valence-electron chi connectivity index (χ4n) is 3.25. The van der Waals surface area contributed by atoms with Gasteiger partial charge in [0.1, 0.15) is 0 Å². The van der Waals surface area contributed by atoms with E-state index in [4.69, 9.17) is 0 Å². The summed E-state index contributed by atoms with van der Waals surface area (Å²) in [5.41, 5.74) is 0. The van der Waals surface area contributed by atoms with Crippen molar-refractivity contribution in [3.63, 3.8) is 0 Å². The number of hydrogen-bond donors (Lipinski definition) is 2. The Morgan fingerprint density at radius 2 is 1.70 bits per heavy atom. The standard InChI is InChI=1S/C18H39N5/c1-14(2)23(15(3)4)12-8-11-20-18(19-5)21-13-17(22(6)7)16-9-10-16/h14-17H,8-13H2,1-7H3,(H2,19,20,21). The first kappa shape index (κ1) is 20.2. The fourth-order valence-corrected chi connectivity index (χ4v) is 3.25. The van der Waals surface area contributed by atoms with Crippen molar-refractivity contribution in [1.82, 2.24) is 20.4 Å². The summed E-state index contributed by atoms with van der Waals surface area (Å²) in [5.74, 6) is 1.79. The molecule has 1 aliphatic rings. The quantitative estimate of drug-likeness (QED) is 0.366. The van der Waals surface area contributed by atoms with Gasteiger partial charge in [-0.25, -0.2) is 0 Å². The van der Waals surface area contributed by atoms with Gasteiger partial charge in [0.05, 0.1) is 0 Å². The molecule has 2 N–H and O–H groups in total. The lowest BCUT2D eigenvalue weighted by Gasteiger charge is -2.30. The second-order valence-corrected chi connectivity index (χ2v) is 7.53. The molecule has 0 bridgehead atoms. The molecule has 0 aromatic heterocycles. The van der Waals surface area contributed by atoms with Gasteiger partial charge in [0.25, 0.3) is 0 Å². The Bertz CT molecular complexity index is 337. The van der Waals surface area contributed by atoms with Crippen molar-refractivity contribution in [2.24, 2.45) is 10.9 Å². The highest BCUT2D eigenvalue weighted by Gasteiger charge is 2.32. The van der Waals surface area contributed by atoms with Gasteiger partial charge >= 0.3 is 0 Å². The van der Waals surface area contributed by atoms with Gasteiger partial charge in [-0.1, -0.05) is 0 Å². The summed E-state index contributed by atoms with van der Waals surface area (Å²) >= 11 is 0. The lowest BCUT2D eigenvalue weighted by Crippen LogP contribution is -2.46. The molecule has 0 saturated heterocycles. The molecule has 0 aliphatic heterocycles. The molecule has 0 heterocycles. The van der Waals surface area contributed by atoms with E-state index in [2.05, 4.69) is 67.2 Å². The van der Waals surface area contributed by atoms with Crippen molar-refractivity contribution in [1.29, 1.82) is 0 Å². The molecule has 1 aliphatic carbocycles. The molecule has 1 saturated carbocycles. The molecule has 0 spiro atoms. The third kappa shape index (κ3) is 7.53. The molecule has 5 heteroatoms. The Kier molecular flexibility index (Phi) is 8.92. The van der Waals surface area contributed by atoms with E-state index >= 15 is 0 Å². The maximum Gasteiger partial charge on any atom is 0.191 e. The summed E-state index contributed by atoms with van der Waals surface area (Å²) in [4.78, 5) is 9.22. The average Bonchev–Trinajstić information content (AvgIpc) is 3.28. The number of nitrogens with zero attached hydrogens (tertiary/aromatic N) is 3. The van der Waals surface area contributed by atoms with Crippen molar-refractivity contribution in [3.8, 4) is 0 Å². The van der Waals surface area contributed by atoms with Crippen molar-refractivity contribution < 1.29 is 0 Å². The Hall–Kier alpha value is -0.810. The van der Waals surface area contributed by atoms with E-state index in [-0.39, 0.29) is 0 Å². The number of rotatable bonds is 10. The van der Waals surface area contributed by atoms with Gasteiger partial charge in [-0.15, -0.1) is 0 Å². The number of hydrogen-bond acceptors (Lipinski definition) is 3. The molecule has 0 amide bonds. The first-order chi connectivity index (χ1) is 10.9. The van der Waals surface area contributed by atoms with Gasteiger partial charge in [-0.2, -0.15) is 0 Å². The Morgan fingerprint density at radius 3 is 2.13 bits per heavy atom. The van der Waals surface area contributed by atoms with Crippen LogP contribution < -0.4 is 10.6 Å². The molecule has 1 rings (SSSR count). The molecule has 5 nitrogen and oxygen atoms in total. The minimum absolute atomic E-state index is 0.604. The van der Waals surface area contributed by atoms with Crippen LogP contribution in [0, 0.1) is 5.92 Å². The van der Waals surface area contributed by atoms with Crippen LogP contribution in [0.5, 0.6) is 0 Å². The van der Waals surface area contributed by atoms with Crippen molar-refractivity contribution in [2.75, 3.05) is 40.8 Å².